The molecule has 14 nitrogen and oxygen atoms in total. The van der Waals surface area contributed by atoms with Crippen LogP contribution in [0.2, 0.25) is 5.02 Å². The lowest BCUT2D eigenvalue weighted by Gasteiger charge is -2.37. The van der Waals surface area contributed by atoms with Crippen LogP contribution >= 0.6 is 27.5 Å². The Morgan fingerprint density at radius 2 is 1.71 bits per heavy atom. The van der Waals surface area contributed by atoms with Gasteiger partial charge >= 0.3 is 0 Å². The average Bonchev–Trinajstić information content (AvgIpc) is 3.63. The van der Waals surface area contributed by atoms with E-state index < -0.39 is 29.7 Å². The van der Waals surface area contributed by atoms with Gasteiger partial charge in [0, 0.05) is 67.8 Å². The van der Waals surface area contributed by atoms with E-state index in [1.54, 1.807) is 18.3 Å². The van der Waals surface area contributed by atoms with Crippen LogP contribution in [0, 0.1) is 0 Å². The average molecular weight is 776 g/mol. The molecule has 4 N–H and O–H groups in total. The van der Waals surface area contributed by atoms with Crippen molar-refractivity contribution in [2.45, 2.75) is 50.7 Å². The van der Waals surface area contributed by atoms with Gasteiger partial charge in [0.1, 0.15) is 23.1 Å². The SMILES string of the molecule is CC1(N)CCN(c2cnc3c(-c4cccc(N5CCN(Cc6cc7c(cc6Br)C(=O)N(C6CCC(=O)NC6=O)C7=O)CC5)c4Cl)n[nH]c3n2)CC1. The highest BCUT2D eigenvalue weighted by molar-refractivity contribution is 9.10. The zero-order valence-corrected chi connectivity index (χ0v) is 30.3. The lowest BCUT2D eigenvalue weighted by molar-refractivity contribution is -0.136. The Hall–Kier alpha value is -4.44. The third-order valence-corrected chi connectivity index (χ3v) is 11.6. The molecule has 0 spiro atoms. The highest BCUT2D eigenvalue weighted by Gasteiger charge is 2.45. The quantitative estimate of drug-likeness (QED) is 0.245. The van der Waals surface area contributed by atoms with Crippen molar-refractivity contribution in [3.8, 4) is 11.3 Å². The minimum atomic E-state index is -1.00. The molecule has 2 aromatic carbocycles. The van der Waals surface area contributed by atoms with Gasteiger partial charge in [-0.05, 0) is 49.9 Å². The van der Waals surface area contributed by atoms with Crippen LogP contribution in [0.3, 0.4) is 0 Å². The Labute approximate surface area is 306 Å². The number of carbonyl (C=O) groups excluding carboxylic acids is 4. The van der Waals surface area contributed by atoms with E-state index in [4.69, 9.17) is 27.3 Å². The van der Waals surface area contributed by atoms with Gasteiger partial charge in [0.25, 0.3) is 11.8 Å². The number of benzene rings is 2. The topological polar surface area (TPSA) is 174 Å². The van der Waals surface area contributed by atoms with Crippen molar-refractivity contribution in [2.75, 3.05) is 49.1 Å². The van der Waals surface area contributed by atoms with Crippen molar-refractivity contribution in [1.29, 1.82) is 0 Å². The van der Waals surface area contributed by atoms with E-state index in [9.17, 15) is 19.2 Å². The molecule has 8 rings (SSSR count). The standard InChI is InChI=1S/C35H36BrClN10O4/c1-35(38)7-9-46(10-8-35)26-17-39-30-29(42-43-31(30)40-26)20-3-2-4-24(28(20)37)45-13-11-44(12-14-45)18-19-15-21-22(16-23(19)36)34(51)47(33(21)50)25-5-6-27(48)41-32(25)49/h2-4,15-17,25H,5-14,18,38H2,1H3,(H,40,42,43)(H,41,48,49). The fourth-order valence-corrected chi connectivity index (χ4v) is 8.17. The number of piperazine rings is 1. The zero-order valence-electron chi connectivity index (χ0n) is 27.9. The van der Waals surface area contributed by atoms with Crippen LogP contribution in [0.4, 0.5) is 11.5 Å². The molecule has 1 unspecified atom stereocenters. The summed E-state index contributed by atoms with van der Waals surface area (Å²) in [5, 5.41) is 10.5. The number of amides is 4. The molecule has 3 fully saturated rings. The summed E-state index contributed by atoms with van der Waals surface area (Å²) in [4.78, 5) is 68.0. The molecule has 0 radical (unpaired) electrons. The molecular formula is C35H36BrClN10O4. The number of carbonyl (C=O) groups is 4. The number of nitrogens with two attached hydrogens (primary N) is 1. The highest BCUT2D eigenvalue weighted by atomic mass is 79.9. The predicted molar refractivity (Wildman–Crippen MR) is 194 cm³/mol. The number of halogens is 2. The molecule has 6 heterocycles. The number of H-pyrrole nitrogens is 1. The number of anilines is 2. The number of aromatic nitrogens is 4. The summed E-state index contributed by atoms with van der Waals surface area (Å²) >= 11 is 10.7. The normalized spacial score (nSPS) is 21.1. The summed E-state index contributed by atoms with van der Waals surface area (Å²) in [7, 11) is 0. The van der Waals surface area contributed by atoms with E-state index in [1.807, 2.05) is 18.2 Å². The van der Waals surface area contributed by atoms with Gasteiger partial charge in [0.15, 0.2) is 5.65 Å². The third kappa shape index (κ3) is 6.15. The third-order valence-electron chi connectivity index (χ3n) is 10.4. The Balaban J connectivity index is 0.944. The van der Waals surface area contributed by atoms with Gasteiger partial charge in [-0.2, -0.15) is 5.10 Å². The molecule has 264 valence electrons. The van der Waals surface area contributed by atoms with Crippen LogP contribution in [0.25, 0.3) is 22.4 Å². The van der Waals surface area contributed by atoms with Gasteiger partial charge in [0.05, 0.1) is 28.0 Å². The second-order valence-electron chi connectivity index (χ2n) is 14.0. The first-order valence-corrected chi connectivity index (χ1v) is 18.2. The number of fused-ring (bicyclic) bond motifs is 2. The second-order valence-corrected chi connectivity index (χ2v) is 15.2. The van der Waals surface area contributed by atoms with Gasteiger partial charge in [-0.15, -0.1) is 0 Å². The minimum Gasteiger partial charge on any atom is -0.368 e. The number of nitrogens with one attached hydrogen (secondary N) is 2. The molecule has 4 aromatic rings. The van der Waals surface area contributed by atoms with E-state index in [0.717, 1.165) is 66.6 Å². The van der Waals surface area contributed by atoms with Crippen LogP contribution in [0.15, 0.2) is 41.0 Å². The largest absolute Gasteiger partial charge is 0.368 e. The molecule has 4 aliphatic heterocycles. The molecule has 51 heavy (non-hydrogen) atoms. The number of hydrogen-bond acceptors (Lipinski definition) is 11. The number of hydrogen-bond donors (Lipinski definition) is 3. The van der Waals surface area contributed by atoms with E-state index >= 15 is 0 Å². The first kappa shape index (κ1) is 33.7. The smallest absolute Gasteiger partial charge is 0.262 e. The van der Waals surface area contributed by atoms with Gasteiger partial charge in [0.2, 0.25) is 11.8 Å². The van der Waals surface area contributed by atoms with Gasteiger partial charge in [-0.3, -0.25) is 39.4 Å². The Morgan fingerprint density at radius 3 is 2.43 bits per heavy atom. The van der Waals surface area contributed by atoms with Crippen LogP contribution in [0.5, 0.6) is 0 Å². The van der Waals surface area contributed by atoms with Crippen LogP contribution < -0.4 is 20.9 Å². The number of rotatable bonds is 6. The van der Waals surface area contributed by atoms with Gasteiger partial charge < -0.3 is 15.5 Å². The maximum atomic E-state index is 13.4. The van der Waals surface area contributed by atoms with Crippen molar-refractivity contribution in [1.82, 2.24) is 35.3 Å². The van der Waals surface area contributed by atoms with E-state index in [-0.39, 0.29) is 29.5 Å². The van der Waals surface area contributed by atoms with Crippen LogP contribution in [0.1, 0.15) is 58.9 Å². The molecule has 0 bridgehead atoms. The van der Waals surface area contributed by atoms with Crippen molar-refractivity contribution in [3.63, 3.8) is 0 Å². The number of aromatic amines is 1. The predicted octanol–water partition coefficient (Wildman–Crippen LogP) is 3.48. The fourth-order valence-electron chi connectivity index (χ4n) is 7.37. The summed E-state index contributed by atoms with van der Waals surface area (Å²) in [5.41, 5.74) is 11.1. The molecule has 0 saturated carbocycles. The van der Waals surface area contributed by atoms with Crippen molar-refractivity contribution < 1.29 is 19.2 Å². The first-order valence-electron chi connectivity index (χ1n) is 17.0. The first-order chi connectivity index (χ1) is 24.5. The highest BCUT2D eigenvalue weighted by Crippen LogP contribution is 2.38. The summed E-state index contributed by atoms with van der Waals surface area (Å²) in [6, 6.07) is 8.32. The molecular weight excluding hydrogens is 740 g/mol. The van der Waals surface area contributed by atoms with E-state index in [2.05, 4.69) is 53.1 Å². The zero-order chi connectivity index (χ0) is 35.6. The van der Waals surface area contributed by atoms with E-state index in [0.29, 0.717) is 46.0 Å². The molecule has 0 aliphatic carbocycles. The monoisotopic (exact) mass is 774 g/mol. The molecule has 16 heteroatoms. The summed E-state index contributed by atoms with van der Waals surface area (Å²) < 4.78 is 0.710. The van der Waals surface area contributed by atoms with Crippen molar-refractivity contribution in [3.05, 3.63) is 62.7 Å². The molecule has 3 saturated heterocycles. The van der Waals surface area contributed by atoms with Crippen molar-refractivity contribution in [2.24, 2.45) is 5.73 Å². The summed E-state index contributed by atoms with van der Waals surface area (Å²) in [5.74, 6) is -1.28. The number of piperidine rings is 2. The number of imide groups is 2. The lowest BCUT2D eigenvalue weighted by atomic mass is 9.91. The Bertz CT molecular complexity index is 2100. The molecule has 1 atom stereocenters. The molecule has 4 amide bonds. The lowest BCUT2D eigenvalue weighted by Crippen LogP contribution is -2.54. The van der Waals surface area contributed by atoms with Crippen molar-refractivity contribution >= 4 is 73.8 Å². The van der Waals surface area contributed by atoms with Crippen LogP contribution in [-0.2, 0) is 16.1 Å². The second kappa shape index (κ2) is 13.0. The minimum absolute atomic E-state index is 0.0739. The summed E-state index contributed by atoms with van der Waals surface area (Å²) in [6.07, 6.45) is 3.76. The maximum absolute atomic E-state index is 13.4. The Morgan fingerprint density at radius 1 is 0.980 bits per heavy atom. The Kier molecular flexibility index (Phi) is 8.56. The van der Waals surface area contributed by atoms with Gasteiger partial charge in [-0.25, -0.2) is 9.97 Å². The van der Waals surface area contributed by atoms with Gasteiger partial charge in [-0.1, -0.05) is 39.7 Å². The fraction of sp³-hybridized carbons (Fsp3) is 0.400. The number of nitrogens with zero attached hydrogens (tertiary/aromatic N) is 7. The van der Waals surface area contributed by atoms with E-state index in [1.165, 1.54) is 0 Å². The maximum Gasteiger partial charge on any atom is 0.262 e. The molecule has 2 aromatic heterocycles. The van der Waals surface area contributed by atoms with Crippen LogP contribution in [-0.4, -0.2) is 104 Å². The summed E-state index contributed by atoms with van der Waals surface area (Å²) in [6.45, 7) is 7.19. The molecule has 4 aliphatic rings.